The Hall–Kier alpha value is -2.44. The van der Waals surface area contributed by atoms with Gasteiger partial charge in [-0.1, -0.05) is 18.9 Å². The molecule has 23 heavy (non-hydrogen) atoms. The van der Waals surface area contributed by atoms with E-state index in [0.29, 0.717) is 12.8 Å². The van der Waals surface area contributed by atoms with Crippen molar-refractivity contribution in [1.82, 2.24) is 20.5 Å². The van der Waals surface area contributed by atoms with Crippen molar-refractivity contribution < 1.29 is 14.4 Å². The summed E-state index contributed by atoms with van der Waals surface area (Å²) < 4.78 is 0. The highest BCUT2D eigenvalue weighted by Crippen LogP contribution is 2.34. The summed E-state index contributed by atoms with van der Waals surface area (Å²) in [6.45, 7) is 1.55. The molecule has 1 saturated carbocycles. The van der Waals surface area contributed by atoms with Gasteiger partial charge in [0.25, 0.3) is 5.91 Å². The second-order valence-electron chi connectivity index (χ2n) is 6.15. The number of hydrogen-bond acceptors (Lipinski definition) is 4. The van der Waals surface area contributed by atoms with Gasteiger partial charge in [-0.15, -0.1) is 0 Å². The van der Waals surface area contributed by atoms with E-state index in [4.69, 9.17) is 0 Å². The second-order valence-corrected chi connectivity index (χ2v) is 6.15. The van der Waals surface area contributed by atoms with Crippen molar-refractivity contribution >= 4 is 17.8 Å². The highest BCUT2D eigenvalue weighted by atomic mass is 16.2. The van der Waals surface area contributed by atoms with Gasteiger partial charge in [-0.25, -0.2) is 4.79 Å². The summed E-state index contributed by atoms with van der Waals surface area (Å²) in [7, 11) is 0. The summed E-state index contributed by atoms with van der Waals surface area (Å²) in [5.74, 6) is -0.651. The molecule has 2 aliphatic rings. The van der Waals surface area contributed by atoms with E-state index in [1.54, 1.807) is 12.3 Å². The van der Waals surface area contributed by atoms with Crippen molar-refractivity contribution in [2.45, 2.75) is 44.2 Å². The number of urea groups is 1. The molecule has 3 rings (SSSR count). The van der Waals surface area contributed by atoms with Crippen LogP contribution < -0.4 is 10.6 Å². The quantitative estimate of drug-likeness (QED) is 0.814. The molecule has 0 unspecified atom stereocenters. The highest BCUT2D eigenvalue weighted by Gasteiger charge is 2.52. The van der Waals surface area contributed by atoms with Gasteiger partial charge in [-0.05, 0) is 31.9 Å². The highest BCUT2D eigenvalue weighted by molar-refractivity contribution is 6.09. The number of carbonyl (C=O) groups excluding carboxylic acids is 3. The van der Waals surface area contributed by atoms with E-state index in [9.17, 15) is 14.4 Å². The molecule has 0 radical (unpaired) electrons. The smallest absolute Gasteiger partial charge is 0.325 e. The molecule has 4 amide bonds. The summed E-state index contributed by atoms with van der Waals surface area (Å²) in [6.07, 6.45) is 4.80. The average Bonchev–Trinajstić information content (AvgIpc) is 3.09. The third kappa shape index (κ3) is 2.91. The maximum Gasteiger partial charge on any atom is 0.325 e. The molecule has 1 aromatic heterocycles. The number of amides is 4. The van der Waals surface area contributed by atoms with Gasteiger partial charge in [0, 0.05) is 6.20 Å². The molecule has 0 bridgehead atoms. The zero-order valence-electron chi connectivity index (χ0n) is 13.0. The molecule has 1 atom stereocenters. The Labute approximate surface area is 134 Å². The topological polar surface area (TPSA) is 91.4 Å². The van der Waals surface area contributed by atoms with Gasteiger partial charge in [0.15, 0.2) is 0 Å². The fourth-order valence-corrected chi connectivity index (χ4v) is 3.27. The Bertz CT molecular complexity index is 625. The lowest BCUT2D eigenvalue weighted by Gasteiger charge is -2.20. The largest absolute Gasteiger partial charge is 0.346 e. The van der Waals surface area contributed by atoms with E-state index in [1.807, 2.05) is 19.1 Å². The Morgan fingerprint density at radius 1 is 1.39 bits per heavy atom. The Balaban J connectivity index is 1.62. The van der Waals surface area contributed by atoms with Crippen LogP contribution in [0.4, 0.5) is 4.79 Å². The Kier molecular flexibility index (Phi) is 4.02. The zero-order chi connectivity index (χ0) is 16.4. The van der Waals surface area contributed by atoms with Crippen LogP contribution in [0, 0.1) is 0 Å². The molecule has 2 heterocycles. The van der Waals surface area contributed by atoms with Gasteiger partial charge in [0.05, 0.1) is 11.7 Å². The molecule has 7 heteroatoms. The van der Waals surface area contributed by atoms with E-state index in [1.165, 1.54) is 0 Å². The first kappa shape index (κ1) is 15.5. The van der Waals surface area contributed by atoms with Crippen LogP contribution in [0.25, 0.3) is 0 Å². The van der Waals surface area contributed by atoms with Crippen LogP contribution in [0.5, 0.6) is 0 Å². The van der Waals surface area contributed by atoms with Crippen LogP contribution >= 0.6 is 0 Å². The predicted molar refractivity (Wildman–Crippen MR) is 82.2 cm³/mol. The monoisotopic (exact) mass is 316 g/mol. The number of aromatic nitrogens is 1. The number of pyridine rings is 1. The van der Waals surface area contributed by atoms with Crippen molar-refractivity contribution in [3.05, 3.63) is 30.1 Å². The van der Waals surface area contributed by atoms with E-state index in [2.05, 4.69) is 15.6 Å². The number of carbonyl (C=O) groups is 3. The van der Waals surface area contributed by atoms with Crippen LogP contribution in [-0.4, -0.2) is 39.8 Å². The first-order valence-electron chi connectivity index (χ1n) is 7.86. The van der Waals surface area contributed by atoms with Crippen LogP contribution in [-0.2, 0) is 9.59 Å². The van der Waals surface area contributed by atoms with Gasteiger partial charge in [0.1, 0.15) is 12.1 Å². The lowest BCUT2D eigenvalue weighted by Crippen LogP contribution is -2.45. The number of nitrogens with one attached hydrogen (secondary N) is 2. The van der Waals surface area contributed by atoms with Gasteiger partial charge >= 0.3 is 6.03 Å². The average molecular weight is 316 g/mol. The Morgan fingerprint density at radius 2 is 2.13 bits per heavy atom. The predicted octanol–water partition coefficient (Wildman–Crippen LogP) is 1.12. The summed E-state index contributed by atoms with van der Waals surface area (Å²) in [4.78, 5) is 41.9. The van der Waals surface area contributed by atoms with Crippen LogP contribution in [0.1, 0.15) is 44.3 Å². The number of imide groups is 1. The minimum absolute atomic E-state index is 0.260. The minimum Gasteiger partial charge on any atom is -0.346 e. The maximum atomic E-state index is 12.5. The third-order valence-electron chi connectivity index (χ3n) is 4.51. The van der Waals surface area contributed by atoms with Gasteiger partial charge < -0.3 is 10.6 Å². The molecule has 2 N–H and O–H groups in total. The molecule has 1 saturated heterocycles. The normalized spacial score (nSPS) is 20.7. The van der Waals surface area contributed by atoms with Crippen molar-refractivity contribution in [2.75, 3.05) is 6.54 Å². The van der Waals surface area contributed by atoms with Crippen molar-refractivity contribution in [1.29, 1.82) is 0 Å². The van der Waals surface area contributed by atoms with Crippen LogP contribution in [0.15, 0.2) is 24.4 Å². The zero-order valence-corrected chi connectivity index (χ0v) is 13.0. The first-order valence-corrected chi connectivity index (χ1v) is 7.86. The van der Waals surface area contributed by atoms with Gasteiger partial charge in [-0.3, -0.25) is 19.5 Å². The molecule has 0 aromatic carbocycles. The molecule has 1 aliphatic heterocycles. The summed E-state index contributed by atoms with van der Waals surface area (Å²) >= 11 is 0. The maximum absolute atomic E-state index is 12.5. The minimum atomic E-state index is -0.774. The lowest BCUT2D eigenvalue weighted by atomic mass is 9.98. The fourth-order valence-electron chi connectivity index (χ4n) is 3.27. The van der Waals surface area contributed by atoms with Crippen molar-refractivity contribution in [2.24, 2.45) is 0 Å². The summed E-state index contributed by atoms with van der Waals surface area (Å²) in [5, 5.41) is 5.53. The van der Waals surface area contributed by atoms with Gasteiger partial charge in [0.2, 0.25) is 5.91 Å². The first-order chi connectivity index (χ1) is 11.0. The molecule has 122 valence electrons. The van der Waals surface area contributed by atoms with Crippen molar-refractivity contribution in [3.8, 4) is 0 Å². The number of rotatable bonds is 4. The Morgan fingerprint density at radius 3 is 2.78 bits per heavy atom. The molecule has 1 aromatic rings. The summed E-state index contributed by atoms with van der Waals surface area (Å²) in [6, 6.07) is 4.69. The summed E-state index contributed by atoms with van der Waals surface area (Å²) in [5.41, 5.74) is -0.0467. The third-order valence-corrected chi connectivity index (χ3v) is 4.51. The van der Waals surface area contributed by atoms with Crippen LogP contribution in [0.3, 0.4) is 0 Å². The standard InChI is InChI=1S/C16H20N4O3/c1-11(12-6-2-5-9-17-12)18-13(21)10-20-14(22)16(19-15(20)23)7-3-4-8-16/h2,5-6,9,11H,3-4,7-8,10H2,1H3,(H,18,21)(H,19,23)/t11-/m0/s1. The lowest BCUT2D eigenvalue weighted by molar-refractivity contribution is -0.135. The van der Waals surface area contributed by atoms with E-state index in [0.717, 1.165) is 23.4 Å². The second kappa shape index (κ2) is 5.98. The van der Waals surface area contributed by atoms with Gasteiger partial charge in [-0.2, -0.15) is 0 Å². The molecule has 2 fully saturated rings. The molecule has 1 aliphatic carbocycles. The van der Waals surface area contributed by atoms with Crippen molar-refractivity contribution in [3.63, 3.8) is 0 Å². The molecular formula is C16H20N4O3. The van der Waals surface area contributed by atoms with E-state index < -0.39 is 11.6 Å². The molecule has 1 spiro atoms. The SMILES string of the molecule is C[C@H](NC(=O)CN1C(=O)NC2(CCCC2)C1=O)c1ccccn1. The van der Waals surface area contributed by atoms with E-state index >= 15 is 0 Å². The number of hydrogen-bond donors (Lipinski definition) is 2. The van der Waals surface area contributed by atoms with E-state index in [-0.39, 0.29) is 24.4 Å². The molecule has 7 nitrogen and oxygen atoms in total. The molecular weight excluding hydrogens is 296 g/mol. The van der Waals surface area contributed by atoms with Crippen LogP contribution in [0.2, 0.25) is 0 Å². The fraction of sp³-hybridized carbons (Fsp3) is 0.500. The number of nitrogens with zero attached hydrogens (tertiary/aromatic N) is 2.